The summed E-state index contributed by atoms with van der Waals surface area (Å²) in [6.07, 6.45) is 8.14. The molecule has 106 valence electrons. The Morgan fingerprint density at radius 2 is 2.11 bits per heavy atom. The molecule has 0 spiro atoms. The zero-order chi connectivity index (χ0) is 13.0. The van der Waals surface area contributed by atoms with Crippen molar-refractivity contribution < 1.29 is 0 Å². The minimum Gasteiger partial charge on any atom is -0.314 e. The van der Waals surface area contributed by atoms with Crippen molar-refractivity contribution in [2.75, 3.05) is 33.7 Å². The van der Waals surface area contributed by atoms with Crippen LogP contribution in [0.1, 0.15) is 45.4 Å². The van der Waals surface area contributed by atoms with E-state index in [0.29, 0.717) is 0 Å². The molecule has 3 heteroatoms. The first-order valence-corrected chi connectivity index (χ1v) is 7.84. The van der Waals surface area contributed by atoms with Crippen molar-refractivity contribution >= 4 is 0 Å². The maximum absolute atomic E-state index is 3.68. The molecule has 0 amide bonds. The van der Waals surface area contributed by atoms with Crippen LogP contribution in [0.15, 0.2) is 0 Å². The molecule has 1 heterocycles. The number of likely N-dealkylation sites (tertiary alicyclic amines) is 1. The Balaban J connectivity index is 1.71. The third-order valence-electron chi connectivity index (χ3n) is 4.88. The first-order chi connectivity index (χ1) is 8.70. The average Bonchev–Trinajstić information content (AvgIpc) is 2.97. The first kappa shape index (κ1) is 14.3. The van der Waals surface area contributed by atoms with E-state index in [9.17, 15) is 0 Å². The Morgan fingerprint density at radius 1 is 1.28 bits per heavy atom. The van der Waals surface area contributed by atoms with E-state index in [1.165, 1.54) is 58.2 Å². The fraction of sp³-hybridized carbons (Fsp3) is 1.00. The van der Waals surface area contributed by atoms with Crippen LogP contribution in [0.2, 0.25) is 0 Å². The Morgan fingerprint density at radius 3 is 2.78 bits per heavy atom. The summed E-state index contributed by atoms with van der Waals surface area (Å²) in [6.45, 7) is 6.00. The van der Waals surface area contributed by atoms with Gasteiger partial charge in [0.25, 0.3) is 0 Å². The van der Waals surface area contributed by atoms with Crippen LogP contribution in [-0.4, -0.2) is 61.7 Å². The quantitative estimate of drug-likeness (QED) is 0.780. The molecule has 1 aliphatic heterocycles. The van der Waals surface area contributed by atoms with E-state index in [4.69, 9.17) is 0 Å². The molecular weight excluding hydrogens is 222 g/mol. The van der Waals surface area contributed by atoms with Gasteiger partial charge in [0.15, 0.2) is 0 Å². The molecule has 0 aromatic heterocycles. The molecule has 3 nitrogen and oxygen atoms in total. The van der Waals surface area contributed by atoms with E-state index in [-0.39, 0.29) is 0 Å². The van der Waals surface area contributed by atoms with Gasteiger partial charge in [-0.3, -0.25) is 0 Å². The smallest absolute Gasteiger partial charge is 0.0220 e. The normalized spacial score (nSPS) is 33.7. The van der Waals surface area contributed by atoms with Gasteiger partial charge in [0.05, 0.1) is 0 Å². The van der Waals surface area contributed by atoms with Crippen molar-refractivity contribution in [1.29, 1.82) is 0 Å². The SMILES string of the molecule is CCCNC1CCC(N(C)CC2CCCN2C)C1. The summed E-state index contributed by atoms with van der Waals surface area (Å²) in [7, 11) is 4.62. The lowest BCUT2D eigenvalue weighted by Crippen LogP contribution is -2.41. The predicted octanol–water partition coefficient (Wildman–Crippen LogP) is 1.93. The van der Waals surface area contributed by atoms with E-state index in [2.05, 4.69) is 36.1 Å². The molecule has 0 radical (unpaired) electrons. The fourth-order valence-corrected chi connectivity index (χ4v) is 3.58. The highest BCUT2D eigenvalue weighted by Crippen LogP contribution is 2.25. The molecule has 1 N–H and O–H groups in total. The van der Waals surface area contributed by atoms with Gasteiger partial charge >= 0.3 is 0 Å². The highest BCUT2D eigenvalue weighted by molar-refractivity contribution is 4.88. The number of nitrogens with one attached hydrogen (secondary N) is 1. The van der Waals surface area contributed by atoms with Gasteiger partial charge in [-0.1, -0.05) is 6.92 Å². The second-order valence-corrected chi connectivity index (χ2v) is 6.33. The molecule has 0 aromatic carbocycles. The van der Waals surface area contributed by atoms with Crippen LogP contribution in [0.3, 0.4) is 0 Å². The molecule has 3 unspecified atom stereocenters. The molecule has 3 atom stereocenters. The first-order valence-electron chi connectivity index (χ1n) is 7.84. The molecular formula is C15H31N3. The maximum Gasteiger partial charge on any atom is 0.0220 e. The molecule has 2 rings (SSSR count). The lowest BCUT2D eigenvalue weighted by Gasteiger charge is -2.30. The summed E-state index contributed by atoms with van der Waals surface area (Å²) in [4.78, 5) is 5.17. The minimum absolute atomic E-state index is 0.777. The summed E-state index contributed by atoms with van der Waals surface area (Å²) < 4.78 is 0. The lowest BCUT2D eigenvalue weighted by atomic mass is 10.1. The molecule has 2 aliphatic rings. The predicted molar refractivity (Wildman–Crippen MR) is 78.0 cm³/mol. The zero-order valence-corrected chi connectivity index (χ0v) is 12.5. The van der Waals surface area contributed by atoms with Gasteiger partial charge < -0.3 is 15.1 Å². The second-order valence-electron chi connectivity index (χ2n) is 6.33. The van der Waals surface area contributed by atoms with Gasteiger partial charge in [-0.25, -0.2) is 0 Å². The lowest BCUT2D eigenvalue weighted by molar-refractivity contribution is 0.176. The van der Waals surface area contributed by atoms with Crippen LogP contribution >= 0.6 is 0 Å². The molecule has 18 heavy (non-hydrogen) atoms. The van der Waals surface area contributed by atoms with Gasteiger partial charge in [-0.05, 0) is 65.7 Å². The summed E-state index contributed by atoms with van der Waals surface area (Å²) in [5.74, 6) is 0. The van der Waals surface area contributed by atoms with E-state index >= 15 is 0 Å². The summed E-state index contributed by atoms with van der Waals surface area (Å²) in [5.41, 5.74) is 0. The summed E-state index contributed by atoms with van der Waals surface area (Å²) in [6, 6.07) is 2.39. The third-order valence-corrected chi connectivity index (χ3v) is 4.88. The monoisotopic (exact) mass is 253 g/mol. The van der Waals surface area contributed by atoms with Crippen molar-refractivity contribution in [2.24, 2.45) is 0 Å². The topological polar surface area (TPSA) is 18.5 Å². The van der Waals surface area contributed by atoms with Gasteiger partial charge in [0, 0.05) is 24.7 Å². The van der Waals surface area contributed by atoms with Crippen LogP contribution < -0.4 is 5.32 Å². The van der Waals surface area contributed by atoms with Crippen LogP contribution in [0, 0.1) is 0 Å². The molecule has 1 aliphatic carbocycles. The zero-order valence-electron chi connectivity index (χ0n) is 12.5. The Kier molecular flexibility index (Phi) is 5.46. The van der Waals surface area contributed by atoms with E-state index < -0.39 is 0 Å². The van der Waals surface area contributed by atoms with Crippen molar-refractivity contribution in [3.05, 3.63) is 0 Å². The van der Waals surface area contributed by atoms with Crippen molar-refractivity contribution in [3.8, 4) is 0 Å². The third kappa shape index (κ3) is 3.69. The van der Waals surface area contributed by atoms with Crippen molar-refractivity contribution in [2.45, 2.75) is 63.6 Å². The van der Waals surface area contributed by atoms with Gasteiger partial charge in [-0.15, -0.1) is 0 Å². The number of nitrogens with zero attached hydrogens (tertiary/aromatic N) is 2. The number of likely N-dealkylation sites (N-methyl/N-ethyl adjacent to an activating group) is 2. The maximum atomic E-state index is 3.68. The number of rotatable bonds is 6. The second kappa shape index (κ2) is 6.88. The molecule has 0 bridgehead atoms. The molecule has 0 aromatic rings. The van der Waals surface area contributed by atoms with Gasteiger partial charge in [0.2, 0.25) is 0 Å². The van der Waals surface area contributed by atoms with Crippen molar-refractivity contribution in [3.63, 3.8) is 0 Å². The van der Waals surface area contributed by atoms with Crippen LogP contribution in [0.4, 0.5) is 0 Å². The Bertz CT molecular complexity index is 244. The fourth-order valence-electron chi connectivity index (χ4n) is 3.58. The van der Waals surface area contributed by atoms with Gasteiger partial charge in [0.1, 0.15) is 0 Å². The molecule has 1 saturated carbocycles. The largest absolute Gasteiger partial charge is 0.314 e. The summed E-state index contributed by atoms with van der Waals surface area (Å²) in [5, 5.41) is 3.68. The summed E-state index contributed by atoms with van der Waals surface area (Å²) >= 11 is 0. The van der Waals surface area contributed by atoms with Crippen LogP contribution in [0.25, 0.3) is 0 Å². The average molecular weight is 253 g/mol. The van der Waals surface area contributed by atoms with E-state index in [0.717, 1.165) is 18.1 Å². The Labute approximate surface area is 113 Å². The van der Waals surface area contributed by atoms with Crippen LogP contribution in [-0.2, 0) is 0 Å². The van der Waals surface area contributed by atoms with Crippen LogP contribution in [0.5, 0.6) is 0 Å². The minimum atomic E-state index is 0.777. The Hall–Kier alpha value is -0.120. The number of hydrogen-bond donors (Lipinski definition) is 1. The van der Waals surface area contributed by atoms with E-state index in [1.807, 2.05) is 0 Å². The highest BCUT2D eigenvalue weighted by atomic mass is 15.2. The van der Waals surface area contributed by atoms with Gasteiger partial charge in [-0.2, -0.15) is 0 Å². The van der Waals surface area contributed by atoms with E-state index in [1.54, 1.807) is 0 Å². The van der Waals surface area contributed by atoms with Crippen molar-refractivity contribution in [1.82, 2.24) is 15.1 Å². The standard InChI is InChI=1S/C15H31N3/c1-4-9-16-13-7-8-14(11-13)18(3)12-15-6-5-10-17(15)2/h13-16H,4-12H2,1-3H3. The molecule has 2 fully saturated rings. The number of hydrogen-bond acceptors (Lipinski definition) is 3. The highest BCUT2D eigenvalue weighted by Gasteiger charge is 2.30. The molecule has 1 saturated heterocycles.